The second-order valence-electron chi connectivity index (χ2n) is 4.83. The standard InChI is InChI=1S/2C6H8O7.2Ca.2FH.2Sr/c2*7-3(8)1-6(13,5(11)12)2-4(9)10;;;;;;/h2*13H,1-2H2,(H,7,8)(H,9,10)(H,11,12);;;2*1H;;/q;;2*+2;;;2*+2/p-8. The molecule has 0 atom stereocenters. The molecule has 164 valence electrons. The van der Waals surface area contributed by atoms with Gasteiger partial charge in [0.15, 0.2) is 0 Å². The maximum atomic E-state index is 10.1. The molecule has 0 aromatic rings. The van der Waals surface area contributed by atoms with E-state index < -0.39 is 72.7 Å². The molecule has 0 radical (unpaired) electrons. The van der Waals surface area contributed by atoms with Gasteiger partial charge in [-0.1, -0.05) is 0 Å². The summed E-state index contributed by atoms with van der Waals surface area (Å²) < 4.78 is 0. The maximum absolute atomic E-state index is 10.1. The molecule has 14 nitrogen and oxygen atoms in total. The van der Waals surface area contributed by atoms with Crippen molar-refractivity contribution in [1.82, 2.24) is 0 Å². The summed E-state index contributed by atoms with van der Waals surface area (Å²) >= 11 is 0. The molecule has 0 unspecified atom stereocenters. The molecule has 2 N–H and O–H groups in total. The fourth-order valence-electron chi connectivity index (χ4n) is 1.37. The van der Waals surface area contributed by atoms with Crippen molar-refractivity contribution in [2.45, 2.75) is 36.9 Å². The SMILES string of the molecule is O=C([O-])CC(O)(CC(=O)[O-])C(=O)[O-].O=C([O-])CC(O)(CC(=O)[O-])C(=O)[O-].[Ca+2].[Ca+2].[F-].[F-].[Sr+2].[Sr+2]. The van der Waals surface area contributed by atoms with Gasteiger partial charge in [-0.05, 0) is 0 Å². The van der Waals surface area contributed by atoms with E-state index in [1.165, 1.54) is 0 Å². The first kappa shape index (κ1) is 54.8. The predicted molar refractivity (Wildman–Crippen MR) is 81.4 cm³/mol. The molecule has 20 heteroatoms. The molecule has 0 spiro atoms. The number of hydrogen-bond acceptors (Lipinski definition) is 14. The maximum Gasteiger partial charge on any atom is 2.00 e. The van der Waals surface area contributed by atoms with Gasteiger partial charge in [-0.2, -0.15) is 0 Å². The summed E-state index contributed by atoms with van der Waals surface area (Å²) in [6, 6.07) is 0. The van der Waals surface area contributed by atoms with Crippen molar-refractivity contribution >= 4 is 202 Å². The van der Waals surface area contributed by atoms with Gasteiger partial charge in [-0.15, -0.1) is 0 Å². The number of hydrogen-bond donors (Lipinski definition) is 2. The van der Waals surface area contributed by atoms with Gasteiger partial charge in [-0.3, -0.25) is 0 Å². The Morgan fingerprint density at radius 1 is 0.500 bits per heavy atom. The van der Waals surface area contributed by atoms with Crippen molar-refractivity contribution in [3.8, 4) is 0 Å². The molecule has 0 fully saturated rings. The summed E-state index contributed by atoms with van der Waals surface area (Å²) in [5.41, 5.74) is -5.95. The van der Waals surface area contributed by atoms with Crippen LogP contribution in [0.15, 0.2) is 0 Å². The second kappa shape index (κ2) is 26.2. The first-order valence-corrected chi connectivity index (χ1v) is 6.23. The van der Waals surface area contributed by atoms with Crippen LogP contribution in [0.4, 0.5) is 0 Å². The number of rotatable bonds is 10. The molecular formula is C12H10Ca2F2O14Sr2. The quantitative estimate of drug-likeness (QED) is 0.204. The zero-order valence-corrected chi connectivity index (χ0v) is 27.6. The Balaban J connectivity index is -0.0000000505. The van der Waals surface area contributed by atoms with E-state index in [1.807, 2.05) is 0 Å². The first-order valence-electron chi connectivity index (χ1n) is 6.23. The number of carbonyl (C=O) groups is 6. The van der Waals surface area contributed by atoms with Gasteiger partial charge in [0, 0.05) is 49.6 Å². The topological polar surface area (TPSA) is 281 Å². The van der Waals surface area contributed by atoms with Gasteiger partial charge in [0.05, 0.1) is 11.9 Å². The minimum absolute atomic E-state index is 0. The Labute approximate surface area is 312 Å². The van der Waals surface area contributed by atoms with Gasteiger partial charge in [0.1, 0.15) is 11.2 Å². The number of aliphatic carboxylic acids is 6. The van der Waals surface area contributed by atoms with Crippen LogP contribution in [0.5, 0.6) is 0 Å². The van der Waals surface area contributed by atoms with Gasteiger partial charge in [0.25, 0.3) is 0 Å². The van der Waals surface area contributed by atoms with Crippen molar-refractivity contribution < 1.29 is 79.0 Å². The minimum atomic E-state index is -2.97. The number of carbonyl (C=O) groups excluding carboxylic acids is 6. The Morgan fingerprint density at radius 3 is 0.688 bits per heavy atom. The van der Waals surface area contributed by atoms with Crippen molar-refractivity contribution in [2.24, 2.45) is 0 Å². The summed E-state index contributed by atoms with van der Waals surface area (Å²) in [6.45, 7) is 0. The van der Waals surface area contributed by atoms with Crippen molar-refractivity contribution in [3.63, 3.8) is 0 Å². The monoisotopic (exact) mass is 672 g/mol. The van der Waals surface area contributed by atoms with E-state index in [9.17, 15) is 59.4 Å². The smallest absolute Gasteiger partial charge is 1.00 e. The Morgan fingerprint density at radius 2 is 0.625 bits per heavy atom. The molecule has 0 rings (SSSR count). The number of carboxylic acid groups (broad SMARTS) is 6. The fraction of sp³-hybridized carbons (Fsp3) is 0.500. The van der Waals surface area contributed by atoms with E-state index >= 15 is 0 Å². The van der Waals surface area contributed by atoms with Crippen LogP contribution in [0.25, 0.3) is 0 Å². The third-order valence-corrected chi connectivity index (χ3v) is 2.51. The van der Waals surface area contributed by atoms with E-state index in [4.69, 9.17) is 10.2 Å². The molecule has 0 aromatic heterocycles. The molecule has 0 aliphatic rings. The van der Waals surface area contributed by atoms with Crippen molar-refractivity contribution in [3.05, 3.63) is 0 Å². The zero-order valence-electron chi connectivity index (χ0n) is 16.2. The van der Waals surface area contributed by atoms with Gasteiger partial charge >= 0.3 is 166 Å². The van der Waals surface area contributed by atoms with Crippen LogP contribution in [0.2, 0.25) is 0 Å². The summed E-state index contributed by atoms with van der Waals surface area (Å²) in [5, 5.41) is 77.9. The third kappa shape index (κ3) is 26.7. The van der Waals surface area contributed by atoms with E-state index in [0.717, 1.165) is 0 Å². The van der Waals surface area contributed by atoms with Crippen LogP contribution in [0.1, 0.15) is 25.7 Å². The second-order valence-corrected chi connectivity index (χ2v) is 4.83. The van der Waals surface area contributed by atoms with Crippen LogP contribution >= 0.6 is 0 Å². The molecule has 32 heavy (non-hydrogen) atoms. The molecule has 0 bridgehead atoms. The van der Waals surface area contributed by atoms with Crippen LogP contribution in [0.3, 0.4) is 0 Å². The Kier molecular flexibility index (Phi) is 44.8. The van der Waals surface area contributed by atoms with Gasteiger partial charge in [-0.25, -0.2) is 0 Å². The van der Waals surface area contributed by atoms with E-state index in [1.54, 1.807) is 0 Å². The van der Waals surface area contributed by atoms with Crippen molar-refractivity contribution in [1.29, 1.82) is 0 Å². The van der Waals surface area contributed by atoms with E-state index in [-0.39, 0.29) is 176 Å². The van der Waals surface area contributed by atoms with Crippen LogP contribution in [-0.4, -0.2) is 224 Å². The molecule has 0 aliphatic carbocycles. The summed E-state index contributed by atoms with van der Waals surface area (Å²) in [5.74, 6) is -12.0. The molecule has 0 aromatic carbocycles. The molecular weight excluding hydrogens is 662 g/mol. The molecule has 0 heterocycles. The summed E-state index contributed by atoms with van der Waals surface area (Å²) in [7, 11) is 0. The zero-order chi connectivity index (χ0) is 21.3. The fourth-order valence-corrected chi connectivity index (χ4v) is 1.37. The number of aliphatic hydroxyl groups is 2. The van der Waals surface area contributed by atoms with Crippen LogP contribution < -0.4 is 40.0 Å². The predicted octanol–water partition coefficient (Wildman–Crippen LogP) is -18.0. The first-order chi connectivity index (χ1) is 11.6. The minimum Gasteiger partial charge on any atom is -1.00 e. The summed E-state index contributed by atoms with van der Waals surface area (Å²) in [4.78, 5) is 60.0. The largest absolute Gasteiger partial charge is 2.00 e. The Hall–Kier alpha value is 2.08. The molecule has 0 saturated heterocycles. The average molecular weight is 672 g/mol. The molecule has 0 aliphatic heterocycles. The molecule has 0 amide bonds. The third-order valence-electron chi connectivity index (χ3n) is 2.51. The Bertz CT molecular complexity index is 539. The van der Waals surface area contributed by atoms with Crippen LogP contribution in [0, 0.1) is 0 Å². The molecule has 0 saturated carbocycles. The average Bonchev–Trinajstić information content (AvgIpc) is 2.34. The van der Waals surface area contributed by atoms with E-state index in [2.05, 4.69) is 0 Å². The van der Waals surface area contributed by atoms with E-state index in [0.29, 0.717) is 0 Å². The number of carboxylic acids is 6. The number of halogens is 2. The van der Waals surface area contributed by atoms with Gasteiger partial charge in [0.2, 0.25) is 0 Å². The van der Waals surface area contributed by atoms with Crippen LogP contribution in [-0.2, 0) is 28.8 Å². The normalized spacial score (nSPS) is 8.81. The summed E-state index contributed by atoms with van der Waals surface area (Å²) in [6.07, 6.45) is -5.43. The van der Waals surface area contributed by atoms with Crippen molar-refractivity contribution in [2.75, 3.05) is 0 Å². The van der Waals surface area contributed by atoms with Gasteiger partial charge < -0.3 is 79.0 Å².